The van der Waals surface area contributed by atoms with E-state index in [0.717, 1.165) is 12.1 Å². The van der Waals surface area contributed by atoms with Crippen molar-refractivity contribution in [3.8, 4) is 0 Å². The summed E-state index contributed by atoms with van der Waals surface area (Å²) in [5.74, 6) is -2.09. The highest BCUT2D eigenvalue weighted by atomic mass is 19.1. The fourth-order valence-corrected chi connectivity index (χ4v) is 1.56. The van der Waals surface area contributed by atoms with E-state index in [1.807, 2.05) is 0 Å². The number of nitrogens with zero attached hydrogens (tertiary/aromatic N) is 3. The maximum atomic E-state index is 13.4. The first-order chi connectivity index (χ1) is 8.97. The summed E-state index contributed by atoms with van der Waals surface area (Å²) in [6.45, 7) is 0.176. The molecule has 0 fully saturated rings. The number of rotatable bonds is 4. The second-order valence-corrected chi connectivity index (χ2v) is 3.78. The molecular formula is C11H8FN3O4. The largest absolute Gasteiger partial charge is 0.476 e. The molecule has 2 rings (SSSR count). The van der Waals surface area contributed by atoms with E-state index in [9.17, 15) is 19.3 Å². The molecule has 98 valence electrons. The molecule has 1 N–H and O–H groups in total. The van der Waals surface area contributed by atoms with Crippen LogP contribution in [-0.4, -0.2) is 25.6 Å². The van der Waals surface area contributed by atoms with Crippen molar-refractivity contribution in [3.63, 3.8) is 0 Å². The number of carboxylic acid groups (broad SMARTS) is 1. The third-order valence-corrected chi connectivity index (χ3v) is 2.43. The molecule has 0 unspecified atom stereocenters. The molecule has 0 saturated heterocycles. The normalized spacial score (nSPS) is 10.4. The lowest BCUT2D eigenvalue weighted by atomic mass is 10.2. The minimum Gasteiger partial charge on any atom is -0.476 e. The van der Waals surface area contributed by atoms with Crippen LogP contribution in [-0.2, 0) is 6.54 Å². The van der Waals surface area contributed by atoms with Crippen molar-refractivity contribution in [2.24, 2.45) is 0 Å². The molecule has 0 radical (unpaired) electrons. The maximum Gasteiger partial charge on any atom is 0.356 e. The highest BCUT2D eigenvalue weighted by Gasteiger charge is 2.14. The summed E-state index contributed by atoms with van der Waals surface area (Å²) >= 11 is 0. The lowest BCUT2D eigenvalue weighted by molar-refractivity contribution is -0.387. The summed E-state index contributed by atoms with van der Waals surface area (Å²) in [7, 11) is 0. The fourth-order valence-electron chi connectivity index (χ4n) is 1.56. The fraction of sp³-hybridized carbons (Fsp3) is 0.0909. The van der Waals surface area contributed by atoms with Crippen molar-refractivity contribution in [2.75, 3.05) is 0 Å². The van der Waals surface area contributed by atoms with Crippen LogP contribution in [0.1, 0.15) is 16.1 Å². The third-order valence-electron chi connectivity index (χ3n) is 2.43. The lowest BCUT2D eigenvalue weighted by Crippen LogP contribution is -2.00. The molecule has 0 bridgehead atoms. The molecule has 0 atom stereocenters. The zero-order valence-corrected chi connectivity index (χ0v) is 9.49. The average Bonchev–Trinajstić information content (AvgIpc) is 2.77. The van der Waals surface area contributed by atoms with E-state index in [1.54, 1.807) is 0 Å². The molecule has 0 aliphatic heterocycles. The SMILES string of the molecule is O=C(O)c1cn(Cc2ccc([N+](=O)[O-])c(F)c2)cn1. The highest BCUT2D eigenvalue weighted by molar-refractivity contribution is 5.84. The van der Waals surface area contributed by atoms with Crippen LogP contribution in [0.5, 0.6) is 0 Å². The third kappa shape index (κ3) is 2.73. The molecule has 0 aliphatic rings. The number of imidazole rings is 1. The predicted octanol–water partition coefficient (Wildman–Crippen LogP) is 1.68. The van der Waals surface area contributed by atoms with Crippen LogP contribution in [0.4, 0.5) is 10.1 Å². The maximum absolute atomic E-state index is 13.4. The molecule has 1 aromatic carbocycles. The van der Waals surface area contributed by atoms with E-state index in [1.165, 1.54) is 23.2 Å². The van der Waals surface area contributed by atoms with Gasteiger partial charge in [0.05, 0.1) is 11.3 Å². The van der Waals surface area contributed by atoms with Gasteiger partial charge in [0.2, 0.25) is 5.82 Å². The van der Waals surface area contributed by atoms with Crippen molar-refractivity contribution in [1.29, 1.82) is 0 Å². The van der Waals surface area contributed by atoms with Crippen LogP contribution in [0.3, 0.4) is 0 Å². The van der Waals surface area contributed by atoms with Crippen LogP contribution in [0.2, 0.25) is 0 Å². The number of nitro groups is 1. The van der Waals surface area contributed by atoms with Crippen LogP contribution in [0.15, 0.2) is 30.7 Å². The number of carboxylic acids is 1. The van der Waals surface area contributed by atoms with Gasteiger partial charge >= 0.3 is 11.7 Å². The lowest BCUT2D eigenvalue weighted by Gasteiger charge is -2.02. The molecule has 0 saturated carbocycles. The van der Waals surface area contributed by atoms with Gasteiger partial charge in [-0.2, -0.15) is 4.39 Å². The Hall–Kier alpha value is -2.77. The Labute approximate surface area is 106 Å². The number of carbonyl (C=O) groups is 1. The summed E-state index contributed by atoms with van der Waals surface area (Å²) in [5.41, 5.74) is -0.250. The van der Waals surface area contributed by atoms with Crippen molar-refractivity contribution in [2.45, 2.75) is 6.54 Å². The molecule has 0 amide bonds. The Kier molecular flexibility index (Phi) is 3.23. The van der Waals surface area contributed by atoms with Gasteiger partial charge in [-0.15, -0.1) is 0 Å². The minimum absolute atomic E-state index is 0.123. The minimum atomic E-state index is -1.16. The van der Waals surface area contributed by atoms with E-state index in [-0.39, 0.29) is 12.2 Å². The van der Waals surface area contributed by atoms with Crippen molar-refractivity contribution < 1.29 is 19.2 Å². The Morgan fingerprint density at radius 3 is 2.79 bits per heavy atom. The Balaban J connectivity index is 2.21. The van der Waals surface area contributed by atoms with Gasteiger partial charge in [-0.05, 0) is 11.6 Å². The molecule has 8 heteroatoms. The van der Waals surface area contributed by atoms with Crippen LogP contribution in [0, 0.1) is 15.9 Å². The second-order valence-electron chi connectivity index (χ2n) is 3.78. The monoisotopic (exact) mass is 265 g/mol. The number of halogens is 1. The zero-order chi connectivity index (χ0) is 14.0. The van der Waals surface area contributed by atoms with Crippen LogP contribution in [0.25, 0.3) is 0 Å². The Morgan fingerprint density at radius 2 is 2.26 bits per heavy atom. The average molecular weight is 265 g/mol. The van der Waals surface area contributed by atoms with E-state index in [4.69, 9.17) is 5.11 Å². The molecule has 7 nitrogen and oxygen atoms in total. The van der Waals surface area contributed by atoms with Gasteiger partial charge in [-0.3, -0.25) is 10.1 Å². The van der Waals surface area contributed by atoms with Crippen LogP contribution >= 0.6 is 0 Å². The highest BCUT2D eigenvalue weighted by Crippen LogP contribution is 2.18. The summed E-state index contributed by atoms with van der Waals surface area (Å²) in [5, 5.41) is 19.1. The first kappa shape index (κ1) is 12.7. The van der Waals surface area contributed by atoms with E-state index in [0.29, 0.717) is 5.56 Å². The predicted molar refractivity (Wildman–Crippen MR) is 61.3 cm³/mol. The zero-order valence-electron chi connectivity index (χ0n) is 9.49. The Morgan fingerprint density at radius 1 is 1.53 bits per heavy atom. The van der Waals surface area contributed by atoms with E-state index >= 15 is 0 Å². The number of hydrogen-bond acceptors (Lipinski definition) is 4. The number of nitro benzene ring substituents is 1. The molecule has 2 aromatic rings. The summed E-state index contributed by atoms with van der Waals surface area (Å²) < 4.78 is 14.8. The summed E-state index contributed by atoms with van der Waals surface area (Å²) in [6, 6.07) is 3.51. The van der Waals surface area contributed by atoms with Crippen molar-refractivity contribution >= 4 is 11.7 Å². The number of hydrogen-bond donors (Lipinski definition) is 1. The molecule has 0 spiro atoms. The first-order valence-corrected chi connectivity index (χ1v) is 5.15. The van der Waals surface area contributed by atoms with Gasteiger partial charge in [0.25, 0.3) is 0 Å². The van der Waals surface area contributed by atoms with E-state index < -0.39 is 22.4 Å². The topological polar surface area (TPSA) is 98.3 Å². The quantitative estimate of drug-likeness (QED) is 0.669. The van der Waals surface area contributed by atoms with E-state index in [2.05, 4.69) is 4.98 Å². The number of aromatic nitrogens is 2. The van der Waals surface area contributed by atoms with Crippen LogP contribution < -0.4 is 0 Å². The van der Waals surface area contributed by atoms with Crippen molar-refractivity contribution in [3.05, 3.63) is 57.9 Å². The summed E-state index contributed by atoms with van der Waals surface area (Å²) in [4.78, 5) is 23.9. The second kappa shape index (κ2) is 4.84. The molecular weight excluding hydrogens is 257 g/mol. The molecule has 1 aromatic heterocycles. The van der Waals surface area contributed by atoms with Gasteiger partial charge in [0.15, 0.2) is 5.69 Å². The van der Waals surface area contributed by atoms with Gasteiger partial charge in [0, 0.05) is 18.8 Å². The van der Waals surface area contributed by atoms with Gasteiger partial charge in [0.1, 0.15) is 0 Å². The smallest absolute Gasteiger partial charge is 0.356 e. The molecule has 19 heavy (non-hydrogen) atoms. The van der Waals surface area contributed by atoms with Crippen molar-refractivity contribution in [1.82, 2.24) is 9.55 Å². The standard InChI is InChI=1S/C11H8FN3O4/c12-8-3-7(1-2-10(8)15(18)19)4-14-5-9(11(16)17)13-6-14/h1-3,5-6H,4H2,(H,16,17). The van der Waals surface area contributed by atoms with Gasteiger partial charge < -0.3 is 9.67 Å². The molecule has 0 aliphatic carbocycles. The summed E-state index contributed by atoms with van der Waals surface area (Å²) in [6.07, 6.45) is 2.59. The number of benzene rings is 1. The first-order valence-electron chi connectivity index (χ1n) is 5.15. The van der Waals surface area contributed by atoms with Gasteiger partial charge in [-0.25, -0.2) is 9.78 Å². The number of aromatic carboxylic acids is 1. The Bertz CT molecular complexity index is 653. The van der Waals surface area contributed by atoms with Gasteiger partial charge in [-0.1, -0.05) is 6.07 Å². The molecule has 1 heterocycles.